The SMILES string of the molecule is CCc1cc(C(O)C2CC2)ccc1Cl. The van der Waals surface area contributed by atoms with E-state index in [9.17, 15) is 5.11 Å². The predicted octanol–water partition coefficient (Wildman–Crippen LogP) is 3.35. The Labute approximate surface area is 89.7 Å². The molecule has 1 unspecified atom stereocenters. The fourth-order valence-electron chi connectivity index (χ4n) is 1.73. The average Bonchev–Trinajstić information content (AvgIpc) is 3.01. The molecule has 0 spiro atoms. The van der Waals surface area contributed by atoms with Crippen LogP contribution in [0.3, 0.4) is 0 Å². The van der Waals surface area contributed by atoms with Gasteiger partial charge >= 0.3 is 0 Å². The zero-order valence-corrected chi connectivity index (χ0v) is 9.09. The van der Waals surface area contributed by atoms with Gasteiger partial charge in [-0.05, 0) is 42.4 Å². The average molecular weight is 211 g/mol. The lowest BCUT2D eigenvalue weighted by atomic mass is 10.0. The number of aliphatic hydroxyl groups excluding tert-OH is 1. The monoisotopic (exact) mass is 210 g/mol. The number of aliphatic hydroxyl groups is 1. The summed E-state index contributed by atoms with van der Waals surface area (Å²) in [6.07, 6.45) is 2.96. The van der Waals surface area contributed by atoms with Crippen molar-refractivity contribution in [1.82, 2.24) is 0 Å². The molecule has 0 saturated heterocycles. The zero-order valence-electron chi connectivity index (χ0n) is 8.33. The van der Waals surface area contributed by atoms with Gasteiger partial charge in [0.2, 0.25) is 0 Å². The first-order valence-corrected chi connectivity index (χ1v) is 5.56. The van der Waals surface area contributed by atoms with Crippen LogP contribution in [0.25, 0.3) is 0 Å². The van der Waals surface area contributed by atoms with E-state index in [0.717, 1.165) is 35.4 Å². The normalized spacial score (nSPS) is 18.2. The molecule has 76 valence electrons. The van der Waals surface area contributed by atoms with Gasteiger partial charge < -0.3 is 5.11 Å². The highest BCUT2D eigenvalue weighted by Crippen LogP contribution is 2.41. The summed E-state index contributed by atoms with van der Waals surface area (Å²) in [4.78, 5) is 0. The number of rotatable bonds is 3. The van der Waals surface area contributed by atoms with Crippen molar-refractivity contribution in [2.24, 2.45) is 5.92 Å². The summed E-state index contributed by atoms with van der Waals surface area (Å²) >= 11 is 6.01. The van der Waals surface area contributed by atoms with Crippen LogP contribution >= 0.6 is 11.6 Å². The predicted molar refractivity (Wildman–Crippen MR) is 58.5 cm³/mol. The van der Waals surface area contributed by atoms with Crippen LogP contribution in [0, 0.1) is 5.92 Å². The number of hydrogen-bond donors (Lipinski definition) is 1. The molecule has 1 nitrogen and oxygen atoms in total. The molecule has 0 bridgehead atoms. The smallest absolute Gasteiger partial charge is 0.0818 e. The van der Waals surface area contributed by atoms with Crippen LogP contribution < -0.4 is 0 Å². The van der Waals surface area contributed by atoms with Gasteiger partial charge in [-0.15, -0.1) is 0 Å². The molecule has 2 rings (SSSR count). The maximum atomic E-state index is 9.93. The van der Waals surface area contributed by atoms with E-state index in [1.807, 2.05) is 18.2 Å². The summed E-state index contributed by atoms with van der Waals surface area (Å²) in [6, 6.07) is 5.86. The third-order valence-electron chi connectivity index (χ3n) is 2.86. The van der Waals surface area contributed by atoms with Crippen molar-refractivity contribution in [3.63, 3.8) is 0 Å². The van der Waals surface area contributed by atoms with Crippen molar-refractivity contribution < 1.29 is 5.11 Å². The van der Waals surface area contributed by atoms with Crippen molar-refractivity contribution in [3.05, 3.63) is 34.3 Å². The van der Waals surface area contributed by atoms with E-state index in [2.05, 4.69) is 6.92 Å². The van der Waals surface area contributed by atoms with E-state index in [0.29, 0.717) is 5.92 Å². The molecule has 2 heteroatoms. The van der Waals surface area contributed by atoms with E-state index in [1.54, 1.807) is 0 Å². The van der Waals surface area contributed by atoms with Crippen LogP contribution in [-0.4, -0.2) is 5.11 Å². The van der Waals surface area contributed by atoms with Crippen LogP contribution in [0.15, 0.2) is 18.2 Å². The molecule has 0 aromatic heterocycles. The largest absolute Gasteiger partial charge is 0.388 e. The van der Waals surface area contributed by atoms with Gasteiger partial charge in [-0.3, -0.25) is 0 Å². The molecule has 1 aromatic rings. The molecule has 1 aliphatic rings. The Hall–Kier alpha value is -0.530. The van der Waals surface area contributed by atoms with E-state index < -0.39 is 0 Å². The lowest BCUT2D eigenvalue weighted by molar-refractivity contribution is 0.154. The maximum Gasteiger partial charge on any atom is 0.0818 e. The topological polar surface area (TPSA) is 20.2 Å². The highest BCUT2D eigenvalue weighted by atomic mass is 35.5. The molecule has 14 heavy (non-hydrogen) atoms. The number of benzene rings is 1. The molecule has 1 N–H and O–H groups in total. The fourth-order valence-corrected chi connectivity index (χ4v) is 1.98. The summed E-state index contributed by atoms with van der Waals surface area (Å²) in [5, 5.41) is 10.7. The number of aryl methyl sites for hydroxylation is 1. The Morgan fingerprint density at radius 3 is 2.79 bits per heavy atom. The van der Waals surface area contributed by atoms with Crippen molar-refractivity contribution in [3.8, 4) is 0 Å². The standard InChI is InChI=1S/C12H15ClO/c1-2-8-7-10(5-6-11(8)13)12(14)9-3-4-9/h5-7,9,12,14H,2-4H2,1H3. The molecule has 1 fully saturated rings. The Morgan fingerprint density at radius 1 is 1.50 bits per heavy atom. The summed E-state index contributed by atoms with van der Waals surface area (Å²) < 4.78 is 0. The Morgan fingerprint density at radius 2 is 2.21 bits per heavy atom. The minimum Gasteiger partial charge on any atom is -0.388 e. The first-order valence-electron chi connectivity index (χ1n) is 5.18. The Kier molecular flexibility index (Phi) is 2.80. The first kappa shape index (κ1) is 10.0. The third-order valence-corrected chi connectivity index (χ3v) is 3.23. The van der Waals surface area contributed by atoms with Crippen molar-refractivity contribution in [1.29, 1.82) is 0 Å². The molecule has 0 amide bonds. The molecule has 1 aromatic carbocycles. The van der Waals surface area contributed by atoms with Gasteiger partial charge in [0.05, 0.1) is 6.10 Å². The van der Waals surface area contributed by atoms with Gasteiger partial charge in [0.15, 0.2) is 0 Å². The van der Waals surface area contributed by atoms with Crippen LogP contribution in [0.5, 0.6) is 0 Å². The number of halogens is 1. The molecule has 0 radical (unpaired) electrons. The molecule has 1 aliphatic carbocycles. The van der Waals surface area contributed by atoms with Crippen LogP contribution in [0.4, 0.5) is 0 Å². The van der Waals surface area contributed by atoms with Crippen LogP contribution in [-0.2, 0) is 6.42 Å². The second kappa shape index (κ2) is 3.92. The molecule has 1 atom stereocenters. The Bertz CT molecular complexity index is 331. The maximum absolute atomic E-state index is 9.93. The molecule has 1 saturated carbocycles. The van der Waals surface area contributed by atoms with E-state index in [4.69, 9.17) is 11.6 Å². The summed E-state index contributed by atoms with van der Waals surface area (Å²) in [5.74, 6) is 0.487. The fraction of sp³-hybridized carbons (Fsp3) is 0.500. The quantitative estimate of drug-likeness (QED) is 0.812. The second-order valence-corrected chi connectivity index (χ2v) is 4.39. The molecule has 0 heterocycles. The molecule has 0 aliphatic heterocycles. The van der Waals surface area contributed by atoms with Crippen molar-refractivity contribution >= 4 is 11.6 Å². The van der Waals surface area contributed by atoms with Crippen LogP contribution in [0.2, 0.25) is 5.02 Å². The second-order valence-electron chi connectivity index (χ2n) is 3.99. The lowest BCUT2D eigenvalue weighted by Crippen LogP contribution is -2.00. The van der Waals surface area contributed by atoms with E-state index in [1.165, 1.54) is 0 Å². The first-order chi connectivity index (χ1) is 6.72. The summed E-state index contributed by atoms with van der Waals surface area (Å²) in [7, 11) is 0. The van der Waals surface area contributed by atoms with E-state index in [-0.39, 0.29) is 6.10 Å². The van der Waals surface area contributed by atoms with Gasteiger partial charge in [-0.25, -0.2) is 0 Å². The highest BCUT2D eigenvalue weighted by Gasteiger charge is 2.30. The minimum atomic E-state index is -0.280. The van der Waals surface area contributed by atoms with Gasteiger partial charge in [0.1, 0.15) is 0 Å². The third kappa shape index (κ3) is 1.94. The highest BCUT2D eigenvalue weighted by molar-refractivity contribution is 6.31. The van der Waals surface area contributed by atoms with Crippen molar-refractivity contribution in [2.75, 3.05) is 0 Å². The molecular weight excluding hydrogens is 196 g/mol. The van der Waals surface area contributed by atoms with Gasteiger partial charge in [-0.2, -0.15) is 0 Å². The van der Waals surface area contributed by atoms with Gasteiger partial charge in [-0.1, -0.05) is 30.7 Å². The van der Waals surface area contributed by atoms with Crippen molar-refractivity contribution in [2.45, 2.75) is 32.3 Å². The van der Waals surface area contributed by atoms with Gasteiger partial charge in [0.25, 0.3) is 0 Å². The molecular formula is C12H15ClO. The number of hydrogen-bond acceptors (Lipinski definition) is 1. The van der Waals surface area contributed by atoms with Crippen LogP contribution in [0.1, 0.15) is 37.0 Å². The Balaban J connectivity index is 2.25. The van der Waals surface area contributed by atoms with E-state index >= 15 is 0 Å². The van der Waals surface area contributed by atoms with Gasteiger partial charge in [0, 0.05) is 5.02 Å². The summed E-state index contributed by atoms with van der Waals surface area (Å²) in [5.41, 5.74) is 2.15. The summed E-state index contributed by atoms with van der Waals surface area (Å²) in [6.45, 7) is 2.08. The minimum absolute atomic E-state index is 0.280. The lowest BCUT2D eigenvalue weighted by Gasteiger charge is -2.11. The zero-order chi connectivity index (χ0) is 10.1.